The number of methoxy groups -OCH3 is 1. The second-order valence-corrected chi connectivity index (χ2v) is 4.12. The molecule has 22 heavy (non-hydrogen) atoms. The number of benzene rings is 1. The molecule has 116 valence electrons. The topological polar surface area (TPSA) is 60.5 Å². The van der Waals surface area contributed by atoms with Crippen molar-refractivity contribution >= 4 is 11.6 Å². The maximum atomic E-state index is 12.0. The average molecular weight is 312 g/mol. The maximum Gasteiger partial charge on any atom is 0.573 e. The fraction of sp³-hybridized carbons (Fsp3) is 0.143. The molecular weight excluding hydrogens is 301 g/mol. The number of alkyl halides is 3. The Labute approximate surface area is 123 Å². The van der Waals surface area contributed by atoms with Gasteiger partial charge in [0.25, 0.3) is 5.91 Å². The molecule has 0 fully saturated rings. The summed E-state index contributed by atoms with van der Waals surface area (Å²) in [4.78, 5) is 15.8. The first-order chi connectivity index (χ1) is 10.4. The van der Waals surface area contributed by atoms with Crippen molar-refractivity contribution in [2.24, 2.45) is 0 Å². The number of anilines is 1. The zero-order valence-corrected chi connectivity index (χ0v) is 11.3. The van der Waals surface area contributed by atoms with Crippen LogP contribution in [-0.2, 0) is 0 Å². The SMILES string of the molecule is COc1ccc(C(=O)Nc2ccc(OC(F)(F)F)cc2)cn1. The van der Waals surface area contributed by atoms with Crippen molar-refractivity contribution in [1.82, 2.24) is 4.98 Å². The predicted octanol–water partition coefficient (Wildman–Crippen LogP) is 3.24. The van der Waals surface area contributed by atoms with Gasteiger partial charge in [-0.15, -0.1) is 13.2 Å². The van der Waals surface area contributed by atoms with E-state index in [-0.39, 0.29) is 11.3 Å². The van der Waals surface area contributed by atoms with E-state index in [1.165, 1.54) is 37.6 Å². The van der Waals surface area contributed by atoms with E-state index in [0.29, 0.717) is 11.6 Å². The summed E-state index contributed by atoms with van der Waals surface area (Å²) in [5.41, 5.74) is 0.617. The molecular formula is C14H11F3N2O3. The number of hydrogen-bond donors (Lipinski definition) is 1. The van der Waals surface area contributed by atoms with E-state index < -0.39 is 12.3 Å². The van der Waals surface area contributed by atoms with Gasteiger partial charge in [-0.2, -0.15) is 0 Å². The summed E-state index contributed by atoms with van der Waals surface area (Å²) in [7, 11) is 1.45. The number of carbonyl (C=O) groups excluding carboxylic acids is 1. The lowest BCUT2D eigenvalue weighted by Crippen LogP contribution is -2.17. The fourth-order valence-electron chi connectivity index (χ4n) is 1.58. The van der Waals surface area contributed by atoms with Gasteiger partial charge in [-0.1, -0.05) is 0 Å². The average Bonchev–Trinajstić information content (AvgIpc) is 2.48. The van der Waals surface area contributed by atoms with Crippen molar-refractivity contribution in [3.8, 4) is 11.6 Å². The highest BCUT2D eigenvalue weighted by Gasteiger charge is 2.30. The molecule has 1 aromatic carbocycles. The van der Waals surface area contributed by atoms with Crippen LogP contribution in [0.25, 0.3) is 0 Å². The lowest BCUT2D eigenvalue weighted by Gasteiger charge is -2.10. The van der Waals surface area contributed by atoms with Crippen molar-refractivity contribution in [1.29, 1.82) is 0 Å². The first kappa shape index (κ1) is 15.6. The summed E-state index contributed by atoms with van der Waals surface area (Å²) in [5.74, 6) is -0.443. The second-order valence-electron chi connectivity index (χ2n) is 4.12. The first-order valence-electron chi connectivity index (χ1n) is 6.04. The summed E-state index contributed by atoms with van der Waals surface area (Å²) >= 11 is 0. The monoisotopic (exact) mass is 312 g/mol. The van der Waals surface area contributed by atoms with E-state index >= 15 is 0 Å². The molecule has 0 atom stereocenters. The molecule has 1 heterocycles. The largest absolute Gasteiger partial charge is 0.573 e. The minimum atomic E-state index is -4.75. The Morgan fingerprint density at radius 2 is 1.82 bits per heavy atom. The summed E-state index contributed by atoms with van der Waals surface area (Å²) < 4.78 is 44.7. The van der Waals surface area contributed by atoms with Crippen LogP contribution < -0.4 is 14.8 Å². The molecule has 0 unspecified atom stereocenters. The van der Waals surface area contributed by atoms with Gasteiger partial charge < -0.3 is 14.8 Å². The summed E-state index contributed by atoms with van der Waals surface area (Å²) in [6, 6.07) is 7.86. The number of pyridine rings is 1. The molecule has 0 aliphatic heterocycles. The van der Waals surface area contributed by atoms with E-state index in [9.17, 15) is 18.0 Å². The van der Waals surface area contributed by atoms with E-state index in [0.717, 1.165) is 12.1 Å². The zero-order valence-electron chi connectivity index (χ0n) is 11.3. The van der Waals surface area contributed by atoms with Crippen LogP contribution in [0.4, 0.5) is 18.9 Å². The predicted molar refractivity (Wildman–Crippen MR) is 71.9 cm³/mol. The van der Waals surface area contributed by atoms with Crippen LogP contribution in [0.15, 0.2) is 42.6 Å². The van der Waals surface area contributed by atoms with Crippen molar-refractivity contribution in [2.75, 3.05) is 12.4 Å². The van der Waals surface area contributed by atoms with Gasteiger partial charge in [0.05, 0.1) is 12.7 Å². The second kappa shape index (κ2) is 6.33. The molecule has 0 spiro atoms. The van der Waals surface area contributed by atoms with Gasteiger partial charge in [0.15, 0.2) is 0 Å². The smallest absolute Gasteiger partial charge is 0.481 e. The van der Waals surface area contributed by atoms with Crippen LogP contribution in [-0.4, -0.2) is 24.4 Å². The number of aromatic nitrogens is 1. The standard InChI is InChI=1S/C14H11F3N2O3/c1-21-12-7-2-9(8-18-12)13(20)19-10-3-5-11(6-4-10)22-14(15,16)17/h2-8H,1H3,(H,19,20). The van der Waals surface area contributed by atoms with Crippen LogP contribution in [0.1, 0.15) is 10.4 Å². The van der Waals surface area contributed by atoms with Gasteiger partial charge in [-0.3, -0.25) is 4.79 Å². The number of nitrogens with one attached hydrogen (secondary N) is 1. The third-order valence-corrected chi connectivity index (χ3v) is 2.55. The fourth-order valence-corrected chi connectivity index (χ4v) is 1.58. The molecule has 2 rings (SSSR count). The molecule has 0 bridgehead atoms. The van der Waals surface area contributed by atoms with E-state index in [2.05, 4.69) is 15.0 Å². The number of amides is 1. The summed E-state index contributed by atoms with van der Waals surface area (Å²) in [5, 5.41) is 2.53. The number of hydrogen-bond acceptors (Lipinski definition) is 4. The number of carbonyl (C=O) groups is 1. The minimum absolute atomic E-state index is 0.288. The molecule has 0 radical (unpaired) electrons. The first-order valence-corrected chi connectivity index (χ1v) is 6.04. The summed E-state index contributed by atoms with van der Waals surface area (Å²) in [6.07, 6.45) is -3.42. The molecule has 8 heteroatoms. The van der Waals surface area contributed by atoms with Crippen LogP contribution >= 0.6 is 0 Å². The Hall–Kier alpha value is -2.77. The maximum absolute atomic E-state index is 12.0. The number of nitrogens with zero attached hydrogens (tertiary/aromatic N) is 1. The quantitative estimate of drug-likeness (QED) is 0.941. The Morgan fingerprint density at radius 1 is 1.14 bits per heavy atom. The van der Waals surface area contributed by atoms with Gasteiger partial charge in [0.2, 0.25) is 5.88 Å². The van der Waals surface area contributed by atoms with Crippen molar-refractivity contribution in [2.45, 2.75) is 6.36 Å². The highest BCUT2D eigenvalue weighted by atomic mass is 19.4. The molecule has 2 aromatic rings. The Kier molecular flexibility index (Phi) is 4.50. The van der Waals surface area contributed by atoms with Crippen molar-refractivity contribution < 1.29 is 27.4 Å². The van der Waals surface area contributed by atoms with Gasteiger partial charge in [-0.05, 0) is 30.3 Å². The molecule has 0 aliphatic rings. The van der Waals surface area contributed by atoms with E-state index in [4.69, 9.17) is 4.74 Å². The van der Waals surface area contributed by atoms with Gasteiger partial charge in [-0.25, -0.2) is 4.98 Å². The van der Waals surface area contributed by atoms with Crippen molar-refractivity contribution in [3.63, 3.8) is 0 Å². The van der Waals surface area contributed by atoms with Crippen LogP contribution in [0, 0.1) is 0 Å². The zero-order chi connectivity index (χ0) is 16.2. The Morgan fingerprint density at radius 3 is 2.32 bits per heavy atom. The Bertz CT molecular complexity index is 640. The van der Waals surface area contributed by atoms with E-state index in [1.807, 2.05) is 0 Å². The summed E-state index contributed by atoms with van der Waals surface area (Å²) in [6.45, 7) is 0. The molecule has 5 nitrogen and oxygen atoms in total. The number of rotatable bonds is 4. The molecule has 0 saturated heterocycles. The number of halogens is 3. The highest BCUT2D eigenvalue weighted by Crippen LogP contribution is 2.24. The van der Waals surface area contributed by atoms with Gasteiger partial charge in [0, 0.05) is 18.0 Å². The third-order valence-electron chi connectivity index (χ3n) is 2.55. The minimum Gasteiger partial charge on any atom is -0.481 e. The molecule has 1 N–H and O–H groups in total. The van der Waals surface area contributed by atoms with Crippen LogP contribution in [0.5, 0.6) is 11.6 Å². The van der Waals surface area contributed by atoms with Crippen LogP contribution in [0.3, 0.4) is 0 Å². The van der Waals surface area contributed by atoms with Crippen LogP contribution in [0.2, 0.25) is 0 Å². The molecule has 1 amide bonds. The molecule has 1 aromatic heterocycles. The number of ether oxygens (including phenoxy) is 2. The molecule has 0 aliphatic carbocycles. The van der Waals surface area contributed by atoms with Crippen molar-refractivity contribution in [3.05, 3.63) is 48.2 Å². The lowest BCUT2D eigenvalue weighted by atomic mass is 10.2. The Balaban J connectivity index is 2.02. The van der Waals surface area contributed by atoms with Gasteiger partial charge >= 0.3 is 6.36 Å². The molecule has 0 saturated carbocycles. The normalized spacial score (nSPS) is 10.9. The lowest BCUT2D eigenvalue weighted by molar-refractivity contribution is -0.274. The van der Waals surface area contributed by atoms with Gasteiger partial charge in [0.1, 0.15) is 5.75 Å². The van der Waals surface area contributed by atoms with E-state index in [1.54, 1.807) is 0 Å². The third kappa shape index (κ3) is 4.37. The highest BCUT2D eigenvalue weighted by molar-refractivity contribution is 6.04.